The van der Waals surface area contributed by atoms with Gasteiger partial charge >= 0.3 is 0 Å². The molecule has 0 unspecified atom stereocenters. The Morgan fingerprint density at radius 2 is 1.71 bits per heavy atom. The maximum atomic E-state index is 11.2. The number of carbonyl (C=O) groups is 1. The summed E-state index contributed by atoms with van der Waals surface area (Å²) in [6, 6.07) is 13.5. The highest BCUT2D eigenvalue weighted by Crippen LogP contribution is 2.30. The molecule has 0 aliphatic rings. The van der Waals surface area contributed by atoms with Crippen LogP contribution in [0.15, 0.2) is 48.7 Å². The summed E-state index contributed by atoms with van der Waals surface area (Å²) in [6.45, 7) is 7.74. The van der Waals surface area contributed by atoms with Gasteiger partial charge in [-0.15, -0.1) is 0 Å². The third-order valence-electron chi connectivity index (χ3n) is 5.04. The maximum absolute atomic E-state index is 11.2. The number of benzene rings is 2. The molecule has 0 radical (unpaired) electrons. The number of hydrogen-bond acceptors (Lipinski definition) is 5. The van der Waals surface area contributed by atoms with Gasteiger partial charge in [-0.2, -0.15) is 0 Å². The van der Waals surface area contributed by atoms with E-state index in [-0.39, 0.29) is 5.91 Å². The number of pyridine rings is 1. The molecule has 7 nitrogen and oxygen atoms in total. The molecule has 2 aromatic heterocycles. The highest BCUT2D eigenvalue weighted by molar-refractivity contribution is 5.87. The number of imidazole rings is 1. The van der Waals surface area contributed by atoms with E-state index >= 15 is 0 Å². The second kappa shape index (κ2) is 8.10. The van der Waals surface area contributed by atoms with Crippen molar-refractivity contribution in [2.24, 2.45) is 7.05 Å². The summed E-state index contributed by atoms with van der Waals surface area (Å²) in [6.07, 6.45) is 1.59. The fourth-order valence-corrected chi connectivity index (χ4v) is 3.70. The predicted molar refractivity (Wildman–Crippen MR) is 123 cm³/mol. The summed E-state index contributed by atoms with van der Waals surface area (Å²) in [5.74, 6) is 2.26. The minimum absolute atomic E-state index is 0.182. The van der Waals surface area contributed by atoms with Crippen LogP contribution < -0.4 is 15.4 Å². The lowest BCUT2D eigenvalue weighted by atomic mass is 10.1. The molecule has 7 heteroatoms. The molecule has 0 saturated heterocycles. The van der Waals surface area contributed by atoms with Gasteiger partial charge in [0.05, 0.1) is 11.0 Å². The second-order valence-corrected chi connectivity index (χ2v) is 7.70. The Morgan fingerprint density at radius 3 is 2.42 bits per heavy atom. The largest absolute Gasteiger partial charge is 0.457 e. The van der Waals surface area contributed by atoms with Gasteiger partial charge in [0.25, 0.3) is 0 Å². The lowest BCUT2D eigenvalue weighted by molar-refractivity contribution is -0.114. The zero-order valence-electron chi connectivity index (χ0n) is 18.3. The van der Waals surface area contributed by atoms with E-state index in [0.717, 1.165) is 22.7 Å². The van der Waals surface area contributed by atoms with Crippen LogP contribution in [0, 0.1) is 20.8 Å². The molecule has 2 N–H and O–H groups in total. The lowest BCUT2D eigenvalue weighted by Crippen LogP contribution is -2.07. The summed E-state index contributed by atoms with van der Waals surface area (Å²) in [5, 5.41) is 6.14. The van der Waals surface area contributed by atoms with E-state index in [4.69, 9.17) is 9.72 Å². The molecule has 0 spiro atoms. The van der Waals surface area contributed by atoms with Crippen LogP contribution >= 0.6 is 0 Å². The van der Waals surface area contributed by atoms with Crippen molar-refractivity contribution in [3.8, 4) is 11.5 Å². The quantitative estimate of drug-likeness (QED) is 0.457. The summed E-state index contributed by atoms with van der Waals surface area (Å²) in [4.78, 5) is 20.1. The molecule has 31 heavy (non-hydrogen) atoms. The van der Waals surface area contributed by atoms with Crippen molar-refractivity contribution in [2.45, 2.75) is 27.7 Å². The number of aromatic nitrogens is 3. The van der Waals surface area contributed by atoms with Crippen LogP contribution in [0.4, 0.5) is 17.5 Å². The molecule has 0 atom stereocenters. The molecular weight excluding hydrogens is 390 g/mol. The van der Waals surface area contributed by atoms with Gasteiger partial charge in [-0.05, 0) is 50.1 Å². The summed E-state index contributed by atoms with van der Waals surface area (Å²) >= 11 is 0. The molecule has 0 fully saturated rings. The minimum Gasteiger partial charge on any atom is -0.457 e. The van der Waals surface area contributed by atoms with Crippen LogP contribution in [0.2, 0.25) is 0 Å². The molecular formula is C24H25N5O2. The van der Waals surface area contributed by atoms with Gasteiger partial charge in [0, 0.05) is 38.0 Å². The van der Waals surface area contributed by atoms with Gasteiger partial charge in [-0.25, -0.2) is 9.97 Å². The van der Waals surface area contributed by atoms with Gasteiger partial charge in [0.1, 0.15) is 17.3 Å². The van der Waals surface area contributed by atoms with Gasteiger partial charge in [-0.1, -0.05) is 17.7 Å². The Labute approximate surface area is 181 Å². The third kappa shape index (κ3) is 4.35. The highest BCUT2D eigenvalue weighted by Gasteiger charge is 2.12. The molecule has 0 bridgehead atoms. The third-order valence-corrected chi connectivity index (χ3v) is 5.04. The average Bonchev–Trinajstić information content (AvgIpc) is 2.99. The van der Waals surface area contributed by atoms with Crippen molar-refractivity contribution in [3.05, 3.63) is 65.4 Å². The van der Waals surface area contributed by atoms with Crippen LogP contribution in [0.25, 0.3) is 11.0 Å². The molecule has 0 aliphatic carbocycles. The number of nitrogens with one attached hydrogen (secondary N) is 2. The first-order valence-corrected chi connectivity index (χ1v) is 10.0. The van der Waals surface area contributed by atoms with Crippen LogP contribution in [-0.2, 0) is 11.8 Å². The number of fused-ring (bicyclic) bond motifs is 1. The molecule has 0 saturated carbocycles. The van der Waals surface area contributed by atoms with Gasteiger partial charge in [0.15, 0.2) is 0 Å². The standard InChI is InChI=1S/C24H25N5O2/c1-14-10-15(2)23(16(3)11-14)28-24-27-20-12-18(6-7-21(20)29(24)5)31-19-8-9-25-22(13-19)26-17(4)30/h6-13H,1-5H3,(H,27,28)(H,25,26,30). The SMILES string of the molecule is CC(=O)Nc1cc(Oc2ccc3c(c2)nc(Nc2c(C)cc(C)cc2C)n3C)ccn1. The van der Waals surface area contributed by atoms with Gasteiger partial charge in [-0.3, -0.25) is 4.79 Å². The van der Waals surface area contributed by atoms with E-state index in [1.54, 1.807) is 18.3 Å². The van der Waals surface area contributed by atoms with Crippen LogP contribution in [0.3, 0.4) is 0 Å². The smallest absolute Gasteiger partial charge is 0.222 e. The number of nitrogens with zero attached hydrogens (tertiary/aromatic N) is 3. The first-order valence-electron chi connectivity index (χ1n) is 10.0. The van der Waals surface area contributed by atoms with E-state index in [2.05, 4.69) is 48.5 Å². The van der Waals surface area contributed by atoms with E-state index in [1.165, 1.54) is 23.6 Å². The zero-order valence-corrected chi connectivity index (χ0v) is 18.3. The Kier molecular flexibility index (Phi) is 5.33. The Morgan fingerprint density at radius 1 is 1.00 bits per heavy atom. The molecule has 4 rings (SSSR count). The van der Waals surface area contributed by atoms with Crippen molar-refractivity contribution in [2.75, 3.05) is 10.6 Å². The summed E-state index contributed by atoms with van der Waals surface area (Å²) < 4.78 is 7.99. The zero-order chi connectivity index (χ0) is 22.1. The number of rotatable bonds is 5. The highest BCUT2D eigenvalue weighted by atomic mass is 16.5. The predicted octanol–water partition coefficient (Wildman–Crippen LogP) is 5.39. The maximum Gasteiger partial charge on any atom is 0.222 e. The normalized spacial score (nSPS) is 10.9. The van der Waals surface area contributed by atoms with Crippen molar-refractivity contribution in [1.82, 2.24) is 14.5 Å². The Hall–Kier alpha value is -3.87. The molecule has 1 amide bonds. The first kappa shape index (κ1) is 20.4. The number of hydrogen-bond donors (Lipinski definition) is 2. The van der Waals surface area contributed by atoms with Crippen LogP contribution in [0.1, 0.15) is 23.6 Å². The molecule has 2 aromatic carbocycles. The second-order valence-electron chi connectivity index (χ2n) is 7.70. The van der Waals surface area contributed by atoms with Gasteiger partial charge < -0.3 is 19.9 Å². The van der Waals surface area contributed by atoms with Crippen molar-refractivity contribution < 1.29 is 9.53 Å². The van der Waals surface area contributed by atoms with E-state index in [1.807, 2.05) is 29.8 Å². The first-order chi connectivity index (χ1) is 14.8. The van der Waals surface area contributed by atoms with E-state index in [0.29, 0.717) is 17.3 Å². The molecule has 0 aliphatic heterocycles. The molecule has 158 valence electrons. The lowest BCUT2D eigenvalue weighted by Gasteiger charge is -2.13. The fraction of sp³-hybridized carbons (Fsp3) is 0.208. The van der Waals surface area contributed by atoms with Crippen molar-refractivity contribution >= 4 is 34.4 Å². The van der Waals surface area contributed by atoms with Gasteiger partial charge in [0.2, 0.25) is 11.9 Å². The number of amides is 1. The topological polar surface area (TPSA) is 81.1 Å². The summed E-state index contributed by atoms with van der Waals surface area (Å²) in [7, 11) is 1.99. The number of carbonyl (C=O) groups excluding carboxylic acids is 1. The number of anilines is 3. The van der Waals surface area contributed by atoms with Crippen molar-refractivity contribution in [1.29, 1.82) is 0 Å². The minimum atomic E-state index is -0.182. The average molecular weight is 415 g/mol. The Balaban J connectivity index is 1.62. The van der Waals surface area contributed by atoms with Crippen LogP contribution in [0.5, 0.6) is 11.5 Å². The fourth-order valence-electron chi connectivity index (χ4n) is 3.70. The molecule has 4 aromatic rings. The number of ether oxygens (including phenoxy) is 1. The Bertz CT molecular complexity index is 1270. The van der Waals surface area contributed by atoms with E-state index in [9.17, 15) is 4.79 Å². The molecule has 2 heterocycles. The van der Waals surface area contributed by atoms with Crippen LogP contribution in [-0.4, -0.2) is 20.4 Å². The summed E-state index contributed by atoms with van der Waals surface area (Å²) in [5.41, 5.74) is 6.49. The number of aryl methyl sites for hydroxylation is 4. The van der Waals surface area contributed by atoms with Crippen molar-refractivity contribution in [3.63, 3.8) is 0 Å². The van der Waals surface area contributed by atoms with E-state index < -0.39 is 0 Å². The monoisotopic (exact) mass is 415 g/mol.